The number of nitrogens with one attached hydrogen (secondary N) is 1. The van der Waals surface area contributed by atoms with Crippen LogP contribution in [0.15, 0.2) is 49.1 Å². The second-order valence-electron chi connectivity index (χ2n) is 5.81. The van der Waals surface area contributed by atoms with Crippen LogP contribution < -0.4 is 10.1 Å². The molecule has 0 radical (unpaired) electrons. The summed E-state index contributed by atoms with van der Waals surface area (Å²) < 4.78 is 5.27. The molecule has 1 atom stereocenters. The van der Waals surface area contributed by atoms with E-state index in [4.69, 9.17) is 4.74 Å². The molecule has 0 heterocycles. The summed E-state index contributed by atoms with van der Waals surface area (Å²) in [5, 5.41) is 6.04. The first-order valence-electron chi connectivity index (χ1n) is 8.15. The molecule has 2 aromatic carbocycles. The SMILES string of the molecule is C=CCC(CC)CCNCc1ccc2cc(OC)ccc2c1. The normalized spacial score (nSPS) is 12.3. The van der Waals surface area contributed by atoms with E-state index in [0.29, 0.717) is 0 Å². The number of ether oxygens (including phenoxy) is 1. The lowest BCUT2D eigenvalue weighted by Crippen LogP contribution is -2.17. The first-order valence-corrected chi connectivity index (χ1v) is 8.15. The van der Waals surface area contributed by atoms with Crippen LogP contribution in [0.2, 0.25) is 0 Å². The molecule has 2 aromatic rings. The van der Waals surface area contributed by atoms with Crippen LogP contribution in [0, 0.1) is 5.92 Å². The number of fused-ring (bicyclic) bond motifs is 1. The van der Waals surface area contributed by atoms with Gasteiger partial charge in [-0.2, -0.15) is 0 Å². The third kappa shape index (κ3) is 4.60. The van der Waals surface area contributed by atoms with Gasteiger partial charge in [0.25, 0.3) is 0 Å². The van der Waals surface area contributed by atoms with Crippen LogP contribution in [0.5, 0.6) is 5.75 Å². The minimum absolute atomic E-state index is 0.758. The summed E-state index contributed by atoms with van der Waals surface area (Å²) in [5.74, 6) is 1.67. The Hall–Kier alpha value is -1.80. The van der Waals surface area contributed by atoms with Crippen molar-refractivity contribution < 1.29 is 4.74 Å². The number of benzene rings is 2. The van der Waals surface area contributed by atoms with E-state index in [1.165, 1.54) is 29.2 Å². The fourth-order valence-electron chi connectivity index (χ4n) is 2.77. The Morgan fingerprint density at radius 3 is 2.68 bits per heavy atom. The average Bonchev–Trinajstić information content (AvgIpc) is 2.57. The molecule has 0 aromatic heterocycles. The van der Waals surface area contributed by atoms with E-state index in [9.17, 15) is 0 Å². The van der Waals surface area contributed by atoms with E-state index < -0.39 is 0 Å². The summed E-state index contributed by atoms with van der Waals surface area (Å²) in [5.41, 5.74) is 1.33. The molecule has 2 heteroatoms. The van der Waals surface area contributed by atoms with Gasteiger partial charge in [0.1, 0.15) is 5.75 Å². The van der Waals surface area contributed by atoms with Crippen molar-refractivity contribution in [2.75, 3.05) is 13.7 Å². The minimum Gasteiger partial charge on any atom is -0.497 e. The zero-order chi connectivity index (χ0) is 15.8. The number of methoxy groups -OCH3 is 1. The number of hydrogen-bond donors (Lipinski definition) is 1. The van der Waals surface area contributed by atoms with Crippen molar-refractivity contribution in [1.29, 1.82) is 0 Å². The van der Waals surface area contributed by atoms with Gasteiger partial charge in [-0.25, -0.2) is 0 Å². The van der Waals surface area contributed by atoms with E-state index in [-0.39, 0.29) is 0 Å². The standard InChI is InChI=1S/C20H27NO/c1-4-6-16(5-2)11-12-21-15-17-7-8-19-14-20(22-3)10-9-18(19)13-17/h4,7-10,13-14,16,21H,1,5-6,11-12,15H2,2-3H3. The summed E-state index contributed by atoms with van der Waals surface area (Å²) >= 11 is 0. The minimum atomic E-state index is 0.758. The Labute approximate surface area is 134 Å². The monoisotopic (exact) mass is 297 g/mol. The van der Waals surface area contributed by atoms with E-state index in [2.05, 4.69) is 49.2 Å². The van der Waals surface area contributed by atoms with Crippen molar-refractivity contribution in [3.8, 4) is 5.75 Å². The number of allylic oxidation sites excluding steroid dienone is 1. The van der Waals surface area contributed by atoms with E-state index in [0.717, 1.165) is 31.2 Å². The summed E-state index contributed by atoms with van der Waals surface area (Å²) in [6.07, 6.45) is 5.60. The van der Waals surface area contributed by atoms with Crippen LogP contribution in [0.4, 0.5) is 0 Å². The molecule has 0 spiro atoms. The molecule has 1 N–H and O–H groups in total. The third-order valence-electron chi connectivity index (χ3n) is 4.25. The van der Waals surface area contributed by atoms with Gasteiger partial charge in [-0.05, 0) is 59.8 Å². The van der Waals surface area contributed by atoms with Gasteiger partial charge in [-0.1, -0.05) is 37.6 Å². The summed E-state index contributed by atoms with van der Waals surface area (Å²) in [6.45, 7) is 8.08. The first-order chi connectivity index (χ1) is 10.8. The molecular formula is C20H27NO. The maximum absolute atomic E-state index is 5.27. The maximum atomic E-state index is 5.27. The van der Waals surface area contributed by atoms with Gasteiger partial charge >= 0.3 is 0 Å². The lowest BCUT2D eigenvalue weighted by molar-refractivity contribution is 0.415. The number of rotatable bonds is 9. The van der Waals surface area contributed by atoms with E-state index in [1.54, 1.807) is 7.11 Å². The van der Waals surface area contributed by atoms with Gasteiger partial charge in [0.2, 0.25) is 0 Å². The van der Waals surface area contributed by atoms with Crippen molar-refractivity contribution in [3.63, 3.8) is 0 Å². The van der Waals surface area contributed by atoms with Crippen molar-refractivity contribution in [2.45, 2.75) is 32.7 Å². The van der Waals surface area contributed by atoms with Crippen LogP contribution in [-0.4, -0.2) is 13.7 Å². The highest BCUT2D eigenvalue weighted by molar-refractivity contribution is 5.84. The van der Waals surface area contributed by atoms with Crippen molar-refractivity contribution in [1.82, 2.24) is 5.32 Å². The second kappa shape index (κ2) is 8.60. The highest BCUT2D eigenvalue weighted by Gasteiger charge is 2.04. The Morgan fingerprint density at radius 2 is 1.95 bits per heavy atom. The Kier molecular flexibility index (Phi) is 6.47. The highest BCUT2D eigenvalue weighted by Crippen LogP contribution is 2.21. The molecule has 2 nitrogen and oxygen atoms in total. The third-order valence-corrected chi connectivity index (χ3v) is 4.25. The quantitative estimate of drug-likeness (QED) is 0.523. The summed E-state index contributed by atoms with van der Waals surface area (Å²) in [4.78, 5) is 0. The predicted molar refractivity (Wildman–Crippen MR) is 95.4 cm³/mol. The van der Waals surface area contributed by atoms with Crippen LogP contribution in [0.3, 0.4) is 0 Å². The maximum Gasteiger partial charge on any atom is 0.119 e. The fourth-order valence-corrected chi connectivity index (χ4v) is 2.77. The molecule has 0 aliphatic rings. The molecule has 118 valence electrons. The Balaban J connectivity index is 1.88. The number of hydrogen-bond acceptors (Lipinski definition) is 2. The molecule has 0 bridgehead atoms. The van der Waals surface area contributed by atoms with E-state index in [1.807, 2.05) is 12.1 Å². The zero-order valence-electron chi connectivity index (χ0n) is 13.8. The zero-order valence-corrected chi connectivity index (χ0v) is 13.8. The summed E-state index contributed by atoms with van der Waals surface area (Å²) in [7, 11) is 1.70. The summed E-state index contributed by atoms with van der Waals surface area (Å²) in [6, 6.07) is 12.8. The van der Waals surface area contributed by atoms with Gasteiger partial charge in [0.05, 0.1) is 7.11 Å². The van der Waals surface area contributed by atoms with Crippen molar-refractivity contribution in [3.05, 3.63) is 54.6 Å². The van der Waals surface area contributed by atoms with Gasteiger partial charge in [0.15, 0.2) is 0 Å². The predicted octanol–water partition coefficient (Wildman–Crippen LogP) is 4.93. The fraction of sp³-hybridized carbons (Fsp3) is 0.400. The van der Waals surface area contributed by atoms with Gasteiger partial charge in [-0.15, -0.1) is 6.58 Å². The first kappa shape index (κ1) is 16.6. The lowest BCUT2D eigenvalue weighted by atomic mass is 9.98. The molecule has 0 aliphatic carbocycles. The van der Waals surface area contributed by atoms with Gasteiger partial charge in [0, 0.05) is 6.54 Å². The van der Waals surface area contributed by atoms with Crippen LogP contribution in [0.1, 0.15) is 31.7 Å². The molecule has 0 saturated heterocycles. The van der Waals surface area contributed by atoms with Gasteiger partial charge in [-0.3, -0.25) is 0 Å². The van der Waals surface area contributed by atoms with Crippen LogP contribution >= 0.6 is 0 Å². The largest absolute Gasteiger partial charge is 0.497 e. The molecular weight excluding hydrogens is 270 g/mol. The smallest absolute Gasteiger partial charge is 0.119 e. The van der Waals surface area contributed by atoms with Crippen molar-refractivity contribution in [2.24, 2.45) is 5.92 Å². The van der Waals surface area contributed by atoms with Crippen molar-refractivity contribution >= 4 is 10.8 Å². The molecule has 2 rings (SSSR count). The van der Waals surface area contributed by atoms with Crippen LogP contribution in [0.25, 0.3) is 10.8 Å². The molecule has 0 amide bonds. The molecule has 1 unspecified atom stereocenters. The molecule has 0 fully saturated rings. The second-order valence-corrected chi connectivity index (χ2v) is 5.81. The molecule has 0 saturated carbocycles. The average molecular weight is 297 g/mol. The van der Waals surface area contributed by atoms with E-state index >= 15 is 0 Å². The lowest BCUT2D eigenvalue weighted by Gasteiger charge is -2.13. The van der Waals surface area contributed by atoms with Gasteiger partial charge < -0.3 is 10.1 Å². The molecule has 22 heavy (non-hydrogen) atoms. The Morgan fingerprint density at radius 1 is 1.18 bits per heavy atom. The highest BCUT2D eigenvalue weighted by atomic mass is 16.5. The van der Waals surface area contributed by atoms with Crippen LogP contribution in [-0.2, 0) is 6.54 Å². The molecule has 0 aliphatic heterocycles. The Bertz CT molecular complexity index is 606. The topological polar surface area (TPSA) is 21.3 Å².